The van der Waals surface area contributed by atoms with Crippen LogP contribution in [0.25, 0.3) is 11.1 Å². The van der Waals surface area contributed by atoms with Crippen molar-refractivity contribution >= 4 is 39.5 Å². The first-order valence-electron chi connectivity index (χ1n) is 17.7. The first-order valence-corrected chi connectivity index (χ1v) is 19.3. The number of alkyl carbamates (subject to hydrolysis) is 1. The second-order valence-corrected chi connectivity index (χ2v) is 17.2. The molecule has 0 spiro atoms. The number of hydrogen-bond donors (Lipinski definition) is 3. The third-order valence-electron chi connectivity index (χ3n) is 10.3. The standard InChI is InChI=1S/C37H41F2N5O9S/c1-36(2,3)30-33(46)44-19-21(17-28(44)32(45)41-37(18-27(37)31(38)39)34(47)43-54(49,50)22-11-12-22)53-42-29-25-9-5-4-8-23(25)24-13-10-20(16-26(24)29)51-14-6-7-15-52-35(48)40-30/h4-10,13,16,21-22,27-28,30-31H,11-12,14-15,17-19H2,1-3H3,(H,40,48)(H,41,45)(H,43,47)/b7-6+,42-29+/t21-,27+,28+,30-,37+/m1/s1. The highest BCUT2D eigenvalue weighted by Gasteiger charge is 2.67. The number of carbonyl (C=O) groups excluding carboxylic acids is 4. The summed E-state index contributed by atoms with van der Waals surface area (Å²) in [6, 6.07) is 10.5. The highest BCUT2D eigenvalue weighted by atomic mass is 32.2. The largest absolute Gasteiger partial charge is 0.490 e. The van der Waals surface area contributed by atoms with Crippen LogP contribution in [0.3, 0.4) is 0 Å². The number of nitrogens with one attached hydrogen (secondary N) is 3. The number of benzene rings is 2. The Balaban J connectivity index is 1.23. The van der Waals surface area contributed by atoms with Crippen LogP contribution in [0.15, 0.2) is 59.8 Å². The molecule has 14 nitrogen and oxygen atoms in total. The fraction of sp³-hybridized carbons (Fsp3) is 0.486. The van der Waals surface area contributed by atoms with E-state index < -0.39 is 87.0 Å². The average Bonchev–Trinajstić information content (AvgIpc) is 4.03. The molecule has 2 aliphatic heterocycles. The molecule has 2 aromatic carbocycles. The molecular formula is C37H41F2N5O9S. The van der Waals surface area contributed by atoms with Gasteiger partial charge in [0.05, 0.1) is 17.7 Å². The Morgan fingerprint density at radius 1 is 1.00 bits per heavy atom. The van der Waals surface area contributed by atoms with E-state index in [1.54, 1.807) is 32.9 Å². The number of rotatable bonds is 6. The molecule has 3 aliphatic carbocycles. The van der Waals surface area contributed by atoms with Gasteiger partial charge >= 0.3 is 6.09 Å². The Bertz CT molecular complexity index is 2050. The molecule has 3 fully saturated rings. The van der Waals surface area contributed by atoms with Gasteiger partial charge in [0.25, 0.3) is 5.91 Å². The third-order valence-corrected chi connectivity index (χ3v) is 12.1. The molecular weight excluding hydrogens is 728 g/mol. The van der Waals surface area contributed by atoms with Gasteiger partial charge in [-0.1, -0.05) is 50.2 Å². The number of nitrogens with zero attached hydrogens (tertiary/aromatic N) is 2. The molecule has 1 saturated heterocycles. The molecule has 3 N–H and O–H groups in total. The first kappa shape index (κ1) is 37.3. The highest BCUT2D eigenvalue weighted by molar-refractivity contribution is 7.91. The molecule has 0 unspecified atom stereocenters. The number of carbonyl (C=O) groups is 4. The topological polar surface area (TPSA) is 182 Å². The predicted molar refractivity (Wildman–Crippen MR) is 190 cm³/mol. The van der Waals surface area contributed by atoms with Gasteiger partial charge < -0.3 is 29.8 Å². The third kappa shape index (κ3) is 7.24. The highest BCUT2D eigenvalue weighted by Crippen LogP contribution is 2.48. The van der Waals surface area contributed by atoms with Gasteiger partial charge in [0.15, 0.2) is 0 Å². The van der Waals surface area contributed by atoms with Gasteiger partial charge in [-0.3, -0.25) is 19.1 Å². The number of halogens is 2. The number of fused-ring (bicyclic) bond motifs is 6. The molecule has 5 atom stereocenters. The lowest BCUT2D eigenvalue weighted by Crippen LogP contribution is -2.60. The summed E-state index contributed by atoms with van der Waals surface area (Å²) in [5.41, 5.74) is 0.661. The van der Waals surface area contributed by atoms with Crippen molar-refractivity contribution in [2.45, 2.75) is 81.9 Å². The maximum absolute atomic E-state index is 14.4. The lowest BCUT2D eigenvalue weighted by Gasteiger charge is -2.35. The minimum absolute atomic E-state index is 0.132. The summed E-state index contributed by atoms with van der Waals surface area (Å²) in [7, 11) is -4.13. The van der Waals surface area contributed by atoms with E-state index in [0.717, 1.165) is 22.3 Å². The quantitative estimate of drug-likeness (QED) is 0.317. The van der Waals surface area contributed by atoms with Gasteiger partial charge in [0.1, 0.15) is 48.4 Å². The van der Waals surface area contributed by atoms with Crippen molar-refractivity contribution in [3.63, 3.8) is 0 Å². The molecule has 7 rings (SSSR count). The molecule has 54 heavy (non-hydrogen) atoms. The number of hydrogen-bond acceptors (Lipinski definition) is 10. The molecule has 2 heterocycles. The van der Waals surface area contributed by atoms with Gasteiger partial charge in [0, 0.05) is 17.5 Å². The van der Waals surface area contributed by atoms with Gasteiger partial charge in [-0.15, -0.1) is 0 Å². The fourth-order valence-electron chi connectivity index (χ4n) is 7.12. The molecule has 0 aromatic heterocycles. The zero-order valence-corrected chi connectivity index (χ0v) is 30.7. The molecule has 4 bridgehead atoms. The Kier molecular flexibility index (Phi) is 9.64. The summed E-state index contributed by atoms with van der Waals surface area (Å²) in [4.78, 5) is 62.0. The van der Waals surface area contributed by atoms with E-state index in [0.29, 0.717) is 24.3 Å². The normalized spacial score (nSPS) is 28.4. The van der Waals surface area contributed by atoms with Crippen molar-refractivity contribution in [2.75, 3.05) is 19.8 Å². The Morgan fingerprint density at radius 2 is 1.69 bits per heavy atom. The summed E-state index contributed by atoms with van der Waals surface area (Å²) in [5, 5.41) is 8.72. The second kappa shape index (κ2) is 14.0. The van der Waals surface area contributed by atoms with Crippen LogP contribution in [0.1, 0.15) is 57.6 Å². The van der Waals surface area contributed by atoms with Gasteiger partial charge in [-0.05, 0) is 66.2 Å². The summed E-state index contributed by atoms with van der Waals surface area (Å²) in [6.07, 6.45) is -1.63. The zero-order chi connectivity index (χ0) is 38.6. The fourth-order valence-corrected chi connectivity index (χ4v) is 8.49. The van der Waals surface area contributed by atoms with E-state index in [1.807, 2.05) is 47.2 Å². The van der Waals surface area contributed by atoms with Crippen molar-refractivity contribution in [3.8, 4) is 16.9 Å². The molecule has 17 heteroatoms. The number of ether oxygens (including phenoxy) is 2. The first-order chi connectivity index (χ1) is 25.6. The van der Waals surface area contributed by atoms with E-state index in [9.17, 15) is 36.4 Å². The van der Waals surface area contributed by atoms with Crippen molar-refractivity contribution in [3.05, 3.63) is 65.7 Å². The Morgan fingerprint density at radius 3 is 2.35 bits per heavy atom. The Hall–Kier alpha value is -5.06. The molecule has 2 saturated carbocycles. The minimum atomic E-state index is -4.13. The predicted octanol–water partition coefficient (Wildman–Crippen LogP) is 3.24. The Labute approximate surface area is 310 Å². The van der Waals surface area contributed by atoms with E-state index in [2.05, 4.69) is 15.8 Å². The van der Waals surface area contributed by atoms with Crippen LogP contribution in [0.5, 0.6) is 5.75 Å². The van der Waals surface area contributed by atoms with Gasteiger partial charge in [-0.25, -0.2) is 22.0 Å². The molecule has 4 amide bonds. The van der Waals surface area contributed by atoms with Crippen molar-refractivity contribution in [1.82, 2.24) is 20.3 Å². The van der Waals surface area contributed by atoms with Gasteiger partial charge in [-0.2, -0.15) is 0 Å². The lowest BCUT2D eigenvalue weighted by molar-refractivity contribution is -0.143. The molecule has 0 radical (unpaired) electrons. The summed E-state index contributed by atoms with van der Waals surface area (Å²) < 4.78 is 66.5. The maximum Gasteiger partial charge on any atom is 0.408 e. The van der Waals surface area contributed by atoms with Crippen LogP contribution in [0.4, 0.5) is 13.6 Å². The number of amides is 4. The van der Waals surface area contributed by atoms with E-state index >= 15 is 0 Å². The summed E-state index contributed by atoms with van der Waals surface area (Å²) >= 11 is 0. The lowest BCUT2D eigenvalue weighted by atomic mass is 9.85. The van der Waals surface area contributed by atoms with E-state index in [1.165, 1.54) is 4.90 Å². The van der Waals surface area contributed by atoms with Crippen molar-refractivity contribution < 1.29 is 50.7 Å². The SMILES string of the molecule is CC(C)(C)[C@@H]1NC(=O)OC/C=C/COc2ccc3c(c2)/C(=N/O[C@@H]2C[C@@H](C(=O)N[C@@]4(C(=O)NS(=O)(=O)C5CC5)C[C@H]4C(F)F)N(C2)C1=O)c1ccccc1-3. The van der Waals surface area contributed by atoms with Gasteiger partial charge in [0.2, 0.25) is 28.3 Å². The number of alkyl halides is 2. The van der Waals surface area contributed by atoms with Crippen LogP contribution in [0, 0.1) is 11.3 Å². The minimum Gasteiger partial charge on any atom is -0.490 e. The average molecular weight is 770 g/mol. The van der Waals surface area contributed by atoms with Crippen LogP contribution in [-0.4, -0.2) is 98.0 Å². The van der Waals surface area contributed by atoms with Crippen LogP contribution in [-0.2, 0) is 34.0 Å². The summed E-state index contributed by atoms with van der Waals surface area (Å²) in [6.45, 7) is 4.95. The van der Waals surface area contributed by atoms with E-state index in [-0.39, 0.29) is 26.2 Å². The van der Waals surface area contributed by atoms with Crippen molar-refractivity contribution in [2.24, 2.45) is 16.5 Å². The zero-order valence-electron chi connectivity index (χ0n) is 29.8. The number of oxime groups is 1. The van der Waals surface area contributed by atoms with Crippen LogP contribution >= 0.6 is 0 Å². The molecule has 5 aliphatic rings. The maximum atomic E-state index is 14.4. The van der Waals surface area contributed by atoms with Crippen LogP contribution < -0.4 is 20.1 Å². The number of cyclic esters (lactones) is 1. The molecule has 2 aromatic rings. The monoisotopic (exact) mass is 769 g/mol. The summed E-state index contributed by atoms with van der Waals surface area (Å²) in [5.74, 6) is -4.04. The van der Waals surface area contributed by atoms with Crippen molar-refractivity contribution in [1.29, 1.82) is 0 Å². The number of sulfonamides is 1. The molecule has 288 valence electrons. The smallest absolute Gasteiger partial charge is 0.408 e. The van der Waals surface area contributed by atoms with Crippen LogP contribution in [0.2, 0.25) is 0 Å². The second-order valence-electron chi connectivity index (χ2n) is 15.3. The van der Waals surface area contributed by atoms with E-state index in [4.69, 9.17) is 14.3 Å².